The van der Waals surface area contributed by atoms with E-state index in [9.17, 15) is 9.59 Å². The summed E-state index contributed by atoms with van der Waals surface area (Å²) in [5.41, 5.74) is 2.26. The fraction of sp³-hybridized carbons (Fsp3) is 0.200. The Hall–Kier alpha value is -2.07. The van der Waals surface area contributed by atoms with E-state index in [4.69, 9.17) is 11.6 Å². The number of halogens is 1. The van der Waals surface area contributed by atoms with Crippen molar-refractivity contribution in [3.05, 3.63) is 63.0 Å². The number of nitrogens with one attached hydrogen (secondary N) is 1. The molecule has 0 fully saturated rings. The van der Waals surface area contributed by atoms with Gasteiger partial charge >= 0.3 is 0 Å². The Morgan fingerprint density at radius 3 is 2.65 bits per heavy atom. The summed E-state index contributed by atoms with van der Waals surface area (Å²) in [5.74, 6) is -0.249. The maximum Gasteiger partial charge on any atom is 0.251 e. The van der Waals surface area contributed by atoms with Gasteiger partial charge < -0.3 is 9.88 Å². The highest BCUT2D eigenvalue weighted by Gasteiger charge is 2.07. The summed E-state index contributed by atoms with van der Waals surface area (Å²) < 4.78 is 1.37. The van der Waals surface area contributed by atoms with Gasteiger partial charge in [-0.25, -0.2) is 0 Å². The summed E-state index contributed by atoms with van der Waals surface area (Å²) in [6.45, 7) is 3.68. The molecule has 0 saturated carbocycles. The third-order valence-electron chi connectivity index (χ3n) is 2.93. The first-order valence-corrected chi connectivity index (χ1v) is 6.56. The molecule has 0 bridgehead atoms. The van der Waals surface area contributed by atoms with Crippen LogP contribution < -0.4 is 10.9 Å². The molecule has 0 spiro atoms. The number of aromatic nitrogens is 1. The molecule has 1 N–H and O–H groups in total. The largest absolute Gasteiger partial charge is 0.324 e. The quantitative estimate of drug-likeness (QED) is 0.945. The van der Waals surface area contributed by atoms with Crippen LogP contribution in [0.5, 0.6) is 0 Å². The van der Waals surface area contributed by atoms with E-state index in [0.29, 0.717) is 10.7 Å². The zero-order valence-corrected chi connectivity index (χ0v) is 12.1. The maximum atomic E-state index is 12.0. The van der Waals surface area contributed by atoms with Gasteiger partial charge in [-0.05, 0) is 49.2 Å². The van der Waals surface area contributed by atoms with Crippen LogP contribution in [-0.2, 0) is 11.3 Å². The monoisotopic (exact) mass is 290 g/mol. The molecule has 4 nitrogen and oxygen atoms in total. The number of nitrogens with zero attached hydrogens (tertiary/aromatic N) is 1. The van der Waals surface area contributed by atoms with E-state index in [0.717, 1.165) is 11.1 Å². The Kier molecular flexibility index (Phi) is 4.25. The second kappa shape index (κ2) is 5.92. The van der Waals surface area contributed by atoms with Crippen molar-refractivity contribution in [1.82, 2.24) is 4.57 Å². The highest BCUT2D eigenvalue weighted by Crippen LogP contribution is 2.19. The molecule has 5 heteroatoms. The molecule has 0 aliphatic carbocycles. The minimum Gasteiger partial charge on any atom is -0.324 e. The Morgan fingerprint density at radius 2 is 2.00 bits per heavy atom. The van der Waals surface area contributed by atoms with E-state index in [1.54, 1.807) is 30.5 Å². The predicted molar refractivity (Wildman–Crippen MR) is 80.3 cm³/mol. The Labute approximate surface area is 122 Å². The van der Waals surface area contributed by atoms with E-state index in [1.807, 2.05) is 13.8 Å². The van der Waals surface area contributed by atoms with Gasteiger partial charge in [0.1, 0.15) is 6.54 Å². The smallest absolute Gasteiger partial charge is 0.251 e. The van der Waals surface area contributed by atoms with Crippen molar-refractivity contribution in [3.63, 3.8) is 0 Å². The molecule has 2 aromatic rings. The zero-order chi connectivity index (χ0) is 14.7. The van der Waals surface area contributed by atoms with E-state index < -0.39 is 0 Å². The Bertz CT molecular complexity index is 707. The lowest BCUT2D eigenvalue weighted by Gasteiger charge is -2.10. The molecule has 0 saturated heterocycles. The number of carbonyl (C=O) groups is 1. The average molecular weight is 291 g/mol. The van der Waals surface area contributed by atoms with Gasteiger partial charge in [-0.3, -0.25) is 9.59 Å². The van der Waals surface area contributed by atoms with Crippen molar-refractivity contribution in [3.8, 4) is 0 Å². The van der Waals surface area contributed by atoms with Crippen LogP contribution in [-0.4, -0.2) is 10.5 Å². The molecule has 0 unspecified atom stereocenters. The molecule has 1 aromatic heterocycles. The molecule has 1 amide bonds. The van der Waals surface area contributed by atoms with Crippen LogP contribution in [0, 0.1) is 13.8 Å². The van der Waals surface area contributed by atoms with Crippen molar-refractivity contribution < 1.29 is 4.79 Å². The van der Waals surface area contributed by atoms with Gasteiger partial charge in [0, 0.05) is 23.0 Å². The summed E-state index contributed by atoms with van der Waals surface area (Å²) in [4.78, 5) is 23.7. The van der Waals surface area contributed by atoms with Gasteiger partial charge in [-0.2, -0.15) is 0 Å². The van der Waals surface area contributed by atoms with E-state index in [2.05, 4.69) is 5.32 Å². The van der Waals surface area contributed by atoms with Gasteiger partial charge in [-0.15, -0.1) is 0 Å². The third-order valence-corrected chi connectivity index (χ3v) is 3.16. The van der Waals surface area contributed by atoms with Crippen molar-refractivity contribution in [2.45, 2.75) is 20.4 Å². The molecule has 0 radical (unpaired) electrons. The van der Waals surface area contributed by atoms with Crippen LogP contribution in [0.3, 0.4) is 0 Å². The van der Waals surface area contributed by atoms with Gasteiger partial charge in [0.25, 0.3) is 5.56 Å². The first kappa shape index (κ1) is 14.3. The van der Waals surface area contributed by atoms with E-state index in [-0.39, 0.29) is 18.0 Å². The van der Waals surface area contributed by atoms with Crippen molar-refractivity contribution in [2.75, 3.05) is 5.32 Å². The van der Waals surface area contributed by atoms with Crippen LogP contribution in [0.15, 0.2) is 41.3 Å². The number of hydrogen-bond donors (Lipinski definition) is 1. The van der Waals surface area contributed by atoms with Crippen LogP contribution in [0.25, 0.3) is 0 Å². The Balaban J connectivity index is 2.11. The number of rotatable bonds is 3. The average Bonchev–Trinajstić information content (AvgIpc) is 2.36. The lowest BCUT2D eigenvalue weighted by molar-refractivity contribution is -0.116. The molecule has 0 aliphatic heterocycles. The molecule has 2 rings (SSSR count). The predicted octanol–water partition coefficient (Wildman–Crippen LogP) is 2.76. The maximum absolute atomic E-state index is 12.0. The van der Waals surface area contributed by atoms with Crippen molar-refractivity contribution in [1.29, 1.82) is 0 Å². The van der Waals surface area contributed by atoms with Gasteiger partial charge in [0.2, 0.25) is 5.91 Å². The first-order valence-electron chi connectivity index (χ1n) is 6.19. The van der Waals surface area contributed by atoms with Gasteiger partial charge in [0.05, 0.1) is 0 Å². The second-order valence-corrected chi connectivity index (χ2v) is 5.11. The van der Waals surface area contributed by atoms with Gasteiger partial charge in [0.15, 0.2) is 0 Å². The number of aryl methyl sites for hydroxylation is 2. The van der Waals surface area contributed by atoms with Crippen LogP contribution in [0.2, 0.25) is 5.02 Å². The topological polar surface area (TPSA) is 51.1 Å². The van der Waals surface area contributed by atoms with Crippen LogP contribution >= 0.6 is 11.6 Å². The highest BCUT2D eigenvalue weighted by molar-refractivity contribution is 6.30. The van der Waals surface area contributed by atoms with Crippen LogP contribution in [0.1, 0.15) is 11.1 Å². The van der Waals surface area contributed by atoms with Crippen molar-refractivity contribution >= 4 is 23.2 Å². The molecule has 20 heavy (non-hydrogen) atoms. The standard InChI is InChI=1S/C15H15ClN2O2/c1-10-5-6-18(15(20)7-10)9-14(19)17-13-4-3-12(16)8-11(13)2/h3-8H,9H2,1-2H3,(H,17,19). The van der Waals surface area contributed by atoms with E-state index >= 15 is 0 Å². The summed E-state index contributed by atoms with van der Waals surface area (Å²) in [6, 6.07) is 8.52. The van der Waals surface area contributed by atoms with E-state index in [1.165, 1.54) is 10.6 Å². The van der Waals surface area contributed by atoms with Crippen molar-refractivity contribution in [2.24, 2.45) is 0 Å². The molecule has 1 aromatic carbocycles. The number of anilines is 1. The molecular weight excluding hydrogens is 276 g/mol. The number of benzene rings is 1. The molecule has 104 valence electrons. The second-order valence-electron chi connectivity index (χ2n) is 4.68. The molecule has 0 aliphatic rings. The fourth-order valence-corrected chi connectivity index (χ4v) is 2.08. The Morgan fingerprint density at radius 1 is 1.25 bits per heavy atom. The summed E-state index contributed by atoms with van der Waals surface area (Å²) in [7, 11) is 0. The number of amides is 1. The summed E-state index contributed by atoms with van der Waals surface area (Å²) >= 11 is 5.86. The minimum atomic E-state index is -0.249. The highest BCUT2D eigenvalue weighted by atomic mass is 35.5. The van der Waals surface area contributed by atoms with Crippen LogP contribution in [0.4, 0.5) is 5.69 Å². The minimum absolute atomic E-state index is 0.0127. The number of pyridine rings is 1. The lowest BCUT2D eigenvalue weighted by atomic mass is 10.2. The molecule has 0 atom stereocenters. The SMILES string of the molecule is Cc1ccn(CC(=O)Nc2ccc(Cl)cc2C)c(=O)c1. The first-order chi connectivity index (χ1) is 9.45. The summed E-state index contributed by atoms with van der Waals surface area (Å²) in [6.07, 6.45) is 1.62. The molecule has 1 heterocycles. The summed E-state index contributed by atoms with van der Waals surface area (Å²) in [5, 5.41) is 3.39. The number of carbonyl (C=O) groups excluding carboxylic acids is 1. The lowest BCUT2D eigenvalue weighted by Crippen LogP contribution is -2.27. The third kappa shape index (κ3) is 3.48. The fourth-order valence-electron chi connectivity index (χ4n) is 1.85. The molecular formula is C15H15ClN2O2. The normalized spacial score (nSPS) is 10.3. The zero-order valence-electron chi connectivity index (χ0n) is 11.3. The van der Waals surface area contributed by atoms with Gasteiger partial charge in [-0.1, -0.05) is 11.6 Å². The number of hydrogen-bond acceptors (Lipinski definition) is 2.